The molecule has 1 aromatic heterocycles. The Balaban J connectivity index is 3.72. The maximum Gasteiger partial charge on any atom is 0.0806 e. The van der Waals surface area contributed by atoms with Gasteiger partial charge < -0.3 is 0 Å². The molecule has 1 heterocycles. The van der Waals surface area contributed by atoms with Gasteiger partial charge in [0.2, 0.25) is 0 Å². The highest BCUT2D eigenvalue weighted by Gasteiger charge is 2.63. The summed E-state index contributed by atoms with van der Waals surface area (Å²) in [7, 11) is -3.53. The van der Waals surface area contributed by atoms with Crippen LogP contribution >= 0.6 is 11.3 Å². The van der Waals surface area contributed by atoms with Gasteiger partial charge in [-0.05, 0) is 17.0 Å². The van der Waals surface area contributed by atoms with E-state index in [2.05, 4.69) is 89.3 Å². The summed E-state index contributed by atoms with van der Waals surface area (Å²) in [5.41, 5.74) is 0. The van der Waals surface area contributed by atoms with E-state index in [0.29, 0.717) is 0 Å². The lowest BCUT2D eigenvalue weighted by atomic mass is 10.4. The zero-order valence-corrected chi connectivity index (χ0v) is 20.1. The largest absolute Gasteiger partial charge is 0.151 e. The molecule has 5 heteroatoms. The second kappa shape index (κ2) is 5.65. The summed E-state index contributed by atoms with van der Waals surface area (Å²) < 4.78 is 1.88. The zero-order chi connectivity index (χ0) is 16.0. The normalized spacial score (nSPS) is 14.7. The van der Waals surface area contributed by atoms with Crippen LogP contribution in [-0.4, -0.2) is 29.4 Å². The molecule has 1 rings (SSSR count). The van der Waals surface area contributed by atoms with Crippen LogP contribution in [0.25, 0.3) is 0 Å². The highest BCUT2D eigenvalue weighted by Crippen LogP contribution is 2.38. The van der Waals surface area contributed by atoms with E-state index < -0.39 is 29.4 Å². The molecule has 0 spiro atoms. The third-order valence-corrected chi connectivity index (χ3v) is 79.5. The third kappa shape index (κ3) is 2.88. The average molecular weight is 359 g/mol. The predicted molar refractivity (Wildman–Crippen MR) is 109 cm³/mol. The molecule has 0 nitrogen and oxygen atoms in total. The van der Waals surface area contributed by atoms with Crippen molar-refractivity contribution in [2.75, 3.05) is 0 Å². The van der Waals surface area contributed by atoms with Crippen molar-refractivity contribution in [2.45, 2.75) is 72.3 Å². The maximum absolute atomic E-state index is 2.68. The van der Waals surface area contributed by atoms with Crippen LogP contribution in [0, 0.1) is 0 Å². The molecule has 0 aliphatic heterocycles. The molecule has 0 atom stereocenters. The average Bonchev–Trinajstić information content (AvgIpc) is 2.59. The fourth-order valence-electron chi connectivity index (χ4n) is 5.25. The van der Waals surface area contributed by atoms with Crippen molar-refractivity contribution in [1.82, 2.24) is 0 Å². The van der Waals surface area contributed by atoms with Crippen LogP contribution in [-0.2, 0) is 6.42 Å². The van der Waals surface area contributed by atoms with E-state index >= 15 is 0 Å². The summed E-state index contributed by atoms with van der Waals surface area (Å²) in [6.07, 6.45) is 1.21. The molecule has 1 aromatic rings. The smallest absolute Gasteiger partial charge is 0.0806 e. The molecule has 0 bridgehead atoms. The Hall–Kier alpha value is 0.568. The van der Waals surface area contributed by atoms with E-state index in [4.69, 9.17) is 0 Å². The second-order valence-electron chi connectivity index (χ2n) is 9.12. The molecule has 20 heavy (non-hydrogen) atoms. The summed E-state index contributed by atoms with van der Waals surface area (Å²) in [5, 5.41) is 0. The van der Waals surface area contributed by atoms with E-state index in [9.17, 15) is 0 Å². The van der Waals surface area contributed by atoms with E-state index in [0.717, 1.165) is 0 Å². The Morgan fingerprint density at radius 2 is 1.15 bits per heavy atom. The van der Waals surface area contributed by atoms with Crippen molar-refractivity contribution in [3.63, 3.8) is 0 Å². The molecule has 0 N–H and O–H groups in total. The molecular weight excluding hydrogens is 325 g/mol. The Morgan fingerprint density at radius 1 is 0.750 bits per heavy atom. The highest BCUT2D eigenvalue weighted by molar-refractivity contribution is 7.94. The van der Waals surface area contributed by atoms with Gasteiger partial charge in [-0.15, -0.1) is 0 Å². The van der Waals surface area contributed by atoms with Crippen LogP contribution in [0.3, 0.4) is 0 Å². The summed E-state index contributed by atoms with van der Waals surface area (Å²) in [5.74, 6) is 0. The second-order valence-corrected chi connectivity index (χ2v) is 50.9. The predicted octanol–water partition coefficient (Wildman–Crippen LogP) is 5.22. The lowest BCUT2D eigenvalue weighted by Gasteiger charge is -2.56. The molecular formula is C15H34SSi4. The Labute approximate surface area is 134 Å². The lowest BCUT2D eigenvalue weighted by molar-refractivity contribution is 1.19. The monoisotopic (exact) mass is 358 g/mol. The van der Waals surface area contributed by atoms with E-state index in [1.165, 1.54) is 6.42 Å². The minimum Gasteiger partial charge on any atom is -0.151 e. The van der Waals surface area contributed by atoms with Gasteiger partial charge in [0.25, 0.3) is 0 Å². The number of rotatable bonds is 5. The van der Waals surface area contributed by atoms with Crippen LogP contribution in [0.15, 0.2) is 12.1 Å². The summed E-state index contributed by atoms with van der Waals surface area (Å²) >= 11 is 2.19. The minimum atomic E-state index is -1.34. The van der Waals surface area contributed by atoms with E-state index in [1.807, 2.05) is 4.50 Å². The van der Waals surface area contributed by atoms with Gasteiger partial charge in [-0.1, -0.05) is 71.9 Å². The quantitative estimate of drug-likeness (QED) is 0.633. The molecule has 0 aromatic carbocycles. The van der Waals surface area contributed by atoms with Crippen molar-refractivity contribution >= 4 is 45.2 Å². The molecule has 0 aliphatic rings. The van der Waals surface area contributed by atoms with Crippen molar-refractivity contribution in [1.29, 1.82) is 0 Å². The Morgan fingerprint density at radius 3 is 1.40 bits per heavy atom. The van der Waals surface area contributed by atoms with Gasteiger partial charge in [-0.3, -0.25) is 0 Å². The lowest BCUT2D eigenvalue weighted by Crippen LogP contribution is -2.87. The van der Waals surface area contributed by atoms with Gasteiger partial charge in [-0.25, -0.2) is 0 Å². The van der Waals surface area contributed by atoms with E-state index in [-0.39, 0.29) is 0 Å². The van der Waals surface area contributed by atoms with Crippen LogP contribution in [0.2, 0.25) is 58.9 Å². The standard InChI is InChI=1S/C15H34SSi4/c1-11-14-12-13-15(16-14)20(17(2,3)4,18(5,6)7)19(8,9)10/h12-13H,11H2,1-10H3. The SMILES string of the molecule is CCc1ccc([Si]([Si](C)(C)C)([Si](C)(C)C)[Si](C)(C)C)s1. The van der Waals surface area contributed by atoms with Crippen molar-refractivity contribution < 1.29 is 0 Å². The van der Waals surface area contributed by atoms with Gasteiger partial charge in [0.15, 0.2) is 0 Å². The molecule has 116 valence electrons. The van der Waals surface area contributed by atoms with Gasteiger partial charge in [-0.2, -0.15) is 11.3 Å². The fourth-order valence-corrected chi connectivity index (χ4v) is 114. The molecule has 0 saturated heterocycles. The summed E-state index contributed by atoms with van der Waals surface area (Å²) in [6, 6.07) is 4.99. The van der Waals surface area contributed by atoms with E-state index in [1.54, 1.807) is 4.88 Å². The molecule has 0 unspecified atom stereocenters. The van der Waals surface area contributed by atoms with Crippen LogP contribution < -0.4 is 4.50 Å². The minimum absolute atomic E-state index is 1.18. The summed E-state index contributed by atoms with van der Waals surface area (Å²) in [4.78, 5) is 1.60. The Kier molecular flexibility index (Phi) is 5.25. The molecule has 0 aliphatic carbocycles. The van der Waals surface area contributed by atoms with Gasteiger partial charge in [0, 0.05) is 27.7 Å². The van der Waals surface area contributed by atoms with Crippen molar-refractivity contribution in [3.8, 4) is 0 Å². The number of aryl methyl sites for hydroxylation is 1. The first-order valence-electron chi connectivity index (χ1n) is 7.88. The van der Waals surface area contributed by atoms with Crippen LogP contribution in [0.1, 0.15) is 11.8 Å². The topological polar surface area (TPSA) is 0 Å². The van der Waals surface area contributed by atoms with Gasteiger partial charge in [0.05, 0.1) is 6.63 Å². The number of hydrogen-bond acceptors (Lipinski definition) is 1. The van der Waals surface area contributed by atoms with Gasteiger partial charge in [0.1, 0.15) is 0 Å². The summed E-state index contributed by atoms with van der Waals surface area (Å²) in [6.45, 7) is 25.1. The number of hydrogen-bond donors (Lipinski definition) is 0. The Bertz CT molecular complexity index is 421. The molecule has 0 fully saturated rings. The fraction of sp³-hybridized carbons (Fsp3) is 0.733. The van der Waals surface area contributed by atoms with Crippen LogP contribution in [0.5, 0.6) is 0 Å². The van der Waals surface area contributed by atoms with Gasteiger partial charge >= 0.3 is 0 Å². The third-order valence-electron chi connectivity index (χ3n) is 4.75. The number of thiophene rings is 1. The first-order valence-corrected chi connectivity index (χ1v) is 24.2. The van der Waals surface area contributed by atoms with Crippen molar-refractivity contribution in [3.05, 3.63) is 17.0 Å². The molecule has 0 radical (unpaired) electrons. The molecule has 0 saturated carbocycles. The zero-order valence-electron chi connectivity index (χ0n) is 15.3. The molecule has 0 amide bonds. The first kappa shape index (κ1) is 18.6. The highest BCUT2D eigenvalue weighted by atomic mass is 32.1. The maximum atomic E-state index is 2.68. The van der Waals surface area contributed by atoms with Crippen LogP contribution in [0.4, 0.5) is 0 Å². The van der Waals surface area contributed by atoms with Crippen molar-refractivity contribution in [2.24, 2.45) is 0 Å². The first-order chi connectivity index (χ1) is 8.79.